The number of carbonyl (C=O) groups is 2. The molecule has 1 aliphatic rings. The van der Waals surface area contributed by atoms with E-state index in [-0.39, 0.29) is 29.1 Å². The molecule has 0 bridgehead atoms. The molecular formula is C18H19N3O4S. The van der Waals surface area contributed by atoms with Gasteiger partial charge in [-0.2, -0.15) is 0 Å². The summed E-state index contributed by atoms with van der Waals surface area (Å²) in [6.45, 7) is 0. The van der Waals surface area contributed by atoms with Gasteiger partial charge in [-0.25, -0.2) is 4.98 Å². The fourth-order valence-corrected chi connectivity index (χ4v) is 3.39. The van der Waals surface area contributed by atoms with Crippen molar-refractivity contribution >= 4 is 23.6 Å². The van der Waals surface area contributed by atoms with Crippen LogP contribution < -0.4 is 10.9 Å². The van der Waals surface area contributed by atoms with E-state index in [0.717, 1.165) is 30.2 Å². The van der Waals surface area contributed by atoms with Crippen LogP contribution in [0.15, 0.2) is 46.3 Å². The van der Waals surface area contributed by atoms with E-state index in [0.29, 0.717) is 5.69 Å². The van der Waals surface area contributed by atoms with Crippen molar-refractivity contribution in [1.82, 2.24) is 15.3 Å². The molecule has 136 valence electrons. The Balaban J connectivity index is 1.85. The Hall–Kier alpha value is -2.61. The number of aromatic nitrogens is 2. The first kappa shape index (κ1) is 18.2. The molecule has 1 amide bonds. The fourth-order valence-electron chi connectivity index (χ4n) is 2.37. The minimum Gasteiger partial charge on any atom is -0.469 e. The third kappa shape index (κ3) is 4.95. The minimum atomic E-state index is -0.548. The molecule has 7 nitrogen and oxygen atoms in total. The average molecular weight is 373 g/mol. The normalized spacial score (nSPS) is 14.5. The SMILES string of the molecule is COC(=O)Cc1cc(=O)[nH]c(S[C@@H](C(=O)NC2CC2)c2ccccc2)n1. The Kier molecular flexibility index (Phi) is 5.72. The number of aromatic amines is 1. The molecule has 2 aromatic rings. The summed E-state index contributed by atoms with van der Waals surface area (Å²) in [6.07, 6.45) is 1.88. The van der Waals surface area contributed by atoms with Crippen LogP contribution in [0, 0.1) is 0 Å². The molecule has 0 saturated heterocycles. The lowest BCUT2D eigenvalue weighted by Crippen LogP contribution is -2.30. The molecule has 0 radical (unpaired) electrons. The first-order valence-corrected chi connectivity index (χ1v) is 9.12. The molecule has 1 fully saturated rings. The van der Waals surface area contributed by atoms with Crippen molar-refractivity contribution in [2.24, 2.45) is 0 Å². The Labute approximate surface area is 154 Å². The predicted molar refractivity (Wildman–Crippen MR) is 96.8 cm³/mol. The highest BCUT2D eigenvalue weighted by molar-refractivity contribution is 8.00. The Morgan fingerprint density at radius 2 is 2.08 bits per heavy atom. The van der Waals surface area contributed by atoms with Gasteiger partial charge in [0, 0.05) is 12.1 Å². The smallest absolute Gasteiger partial charge is 0.311 e. The summed E-state index contributed by atoms with van der Waals surface area (Å²) in [7, 11) is 1.28. The fraction of sp³-hybridized carbons (Fsp3) is 0.333. The van der Waals surface area contributed by atoms with Crippen LogP contribution in [0.5, 0.6) is 0 Å². The molecule has 3 rings (SSSR count). The predicted octanol–water partition coefficient (Wildman–Crippen LogP) is 1.60. The lowest BCUT2D eigenvalue weighted by Gasteiger charge is -2.16. The van der Waals surface area contributed by atoms with Crippen LogP contribution in [0.25, 0.3) is 0 Å². The number of amides is 1. The van der Waals surface area contributed by atoms with Crippen molar-refractivity contribution in [3.63, 3.8) is 0 Å². The summed E-state index contributed by atoms with van der Waals surface area (Å²) in [5.41, 5.74) is 0.741. The van der Waals surface area contributed by atoms with Gasteiger partial charge < -0.3 is 15.0 Å². The van der Waals surface area contributed by atoms with Crippen LogP contribution in [0.3, 0.4) is 0 Å². The number of ether oxygens (including phenoxy) is 1. The zero-order valence-corrected chi connectivity index (χ0v) is 15.0. The number of methoxy groups -OCH3 is 1. The second kappa shape index (κ2) is 8.18. The molecule has 2 N–H and O–H groups in total. The van der Waals surface area contributed by atoms with Gasteiger partial charge >= 0.3 is 5.97 Å². The van der Waals surface area contributed by atoms with Crippen molar-refractivity contribution in [3.05, 3.63) is 58.0 Å². The van der Waals surface area contributed by atoms with Crippen LogP contribution in [0.2, 0.25) is 0 Å². The maximum absolute atomic E-state index is 12.7. The Morgan fingerprint density at radius 3 is 2.73 bits per heavy atom. The number of benzene rings is 1. The number of thioether (sulfide) groups is 1. The van der Waals surface area contributed by atoms with Crippen LogP contribution >= 0.6 is 11.8 Å². The summed E-state index contributed by atoms with van der Waals surface area (Å²) in [4.78, 5) is 42.9. The number of H-pyrrole nitrogens is 1. The van der Waals surface area contributed by atoms with Crippen LogP contribution in [-0.2, 0) is 20.7 Å². The van der Waals surface area contributed by atoms with Crippen LogP contribution in [0.4, 0.5) is 0 Å². The van der Waals surface area contributed by atoms with E-state index >= 15 is 0 Å². The van der Waals surface area contributed by atoms with Gasteiger partial charge in [0.25, 0.3) is 5.56 Å². The second-order valence-corrected chi connectivity index (χ2v) is 7.08. The molecule has 1 aromatic heterocycles. The third-order valence-corrected chi connectivity index (χ3v) is 4.96. The average Bonchev–Trinajstić information content (AvgIpc) is 3.43. The molecule has 26 heavy (non-hydrogen) atoms. The summed E-state index contributed by atoms with van der Waals surface area (Å²) in [6, 6.07) is 10.8. The Bertz CT molecular complexity index is 849. The van der Waals surface area contributed by atoms with Gasteiger partial charge in [0.05, 0.1) is 19.2 Å². The highest BCUT2D eigenvalue weighted by atomic mass is 32.2. The number of hydrogen-bond donors (Lipinski definition) is 2. The zero-order valence-electron chi connectivity index (χ0n) is 14.2. The van der Waals surface area contributed by atoms with Gasteiger partial charge in [0.15, 0.2) is 5.16 Å². The zero-order chi connectivity index (χ0) is 18.5. The molecule has 1 aliphatic carbocycles. The number of hydrogen-bond acceptors (Lipinski definition) is 6. The molecule has 0 unspecified atom stereocenters. The first-order chi connectivity index (χ1) is 12.5. The van der Waals surface area contributed by atoms with Gasteiger partial charge in [0.1, 0.15) is 5.25 Å². The number of rotatable bonds is 7. The minimum absolute atomic E-state index is 0.0990. The van der Waals surface area contributed by atoms with E-state index in [9.17, 15) is 14.4 Å². The number of esters is 1. The maximum atomic E-state index is 12.7. The van der Waals surface area contributed by atoms with Gasteiger partial charge in [-0.15, -0.1) is 0 Å². The molecule has 1 heterocycles. The van der Waals surface area contributed by atoms with Crippen LogP contribution in [0.1, 0.15) is 29.3 Å². The largest absolute Gasteiger partial charge is 0.469 e. The molecule has 8 heteroatoms. The van der Waals surface area contributed by atoms with E-state index < -0.39 is 11.2 Å². The summed E-state index contributed by atoms with van der Waals surface area (Å²) in [5, 5.41) is 2.73. The number of carbonyl (C=O) groups excluding carboxylic acids is 2. The molecular weight excluding hydrogens is 354 g/mol. The first-order valence-electron chi connectivity index (χ1n) is 8.24. The van der Waals surface area contributed by atoms with Crippen molar-refractivity contribution in [3.8, 4) is 0 Å². The van der Waals surface area contributed by atoms with E-state index in [4.69, 9.17) is 0 Å². The standard InChI is InChI=1S/C18H19N3O4S/c1-25-15(23)10-13-9-14(22)21-18(20-13)26-16(11-5-3-2-4-6-11)17(24)19-12-7-8-12/h2-6,9,12,16H,7-8,10H2,1H3,(H,19,24)(H,20,21,22)/t16-/m1/s1. The van der Waals surface area contributed by atoms with Gasteiger partial charge in [-0.1, -0.05) is 42.1 Å². The maximum Gasteiger partial charge on any atom is 0.311 e. The molecule has 0 aliphatic heterocycles. The van der Waals surface area contributed by atoms with E-state index in [2.05, 4.69) is 20.0 Å². The van der Waals surface area contributed by atoms with Crippen molar-refractivity contribution in [2.45, 2.75) is 35.7 Å². The van der Waals surface area contributed by atoms with Crippen molar-refractivity contribution in [2.75, 3.05) is 7.11 Å². The molecule has 1 aromatic carbocycles. The number of nitrogens with zero attached hydrogens (tertiary/aromatic N) is 1. The topological polar surface area (TPSA) is 101 Å². The van der Waals surface area contributed by atoms with Crippen molar-refractivity contribution in [1.29, 1.82) is 0 Å². The quantitative estimate of drug-likeness (QED) is 0.434. The Morgan fingerprint density at radius 1 is 1.35 bits per heavy atom. The summed E-state index contributed by atoms with van der Waals surface area (Å²) < 4.78 is 4.61. The van der Waals surface area contributed by atoms with Crippen molar-refractivity contribution < 1.29 is 14.3 Å². The highest BCUT2D eigenvalue weighted by Gasteiger charge is 2.29. The van der Waals surface area contributed by atoms with Crippen LogP contribution in [-0.4, -0.2) is 35.0 Å². The van der Waals surface area contributed by atoms with E-state index in [1.165, 1.54) is 13.2 Å². The van der Waals surface area contributed by atoms with Gasteiger partial charge in [-0.05, 0) is 18.4 Å². The molecule has 1 atom stereocenters. The lowest BCUT2D eigenvalue weighted by molar-refractivity contribution is -0.139. The monoisotopic (exact) mass is 373 g/mol. The van der Waals surface area contributed by atoms with E-state index in [1.807, 2.05) is 30.3 Å². The third-order valence-electron chi connectivity index (χ3n) is 3.82. The summed E-state index contributed by atoms with van der Waals surface area (Å²) >= 11 is 1.15. The lowest BCUT2D eigenvalue weighted by atomic mass is 10.1. The highest BCUT2D eigenvalue weighted by Crippen LogP contribution is 2.34. The van der Waals surface area contributed by atoms with E-state index in [1.54, 1.807) is 0 Å². The second-order valence-electron chi connectivity index (χ2n) is 5.99. The summed E-state index contributed by atoms with van der Waals surface area (Å²) in [5.74, 6) is -0.602. The molecule has 1 saturated carbocycles. The number of nitrogens with one attached hydrogen (secondary N) is 2. The van der Waals surface area contributed by atoms with Gasteiger partial charge in [0.2, 0.25) is 5.91 Å². The van der Waals surface area contributed by atoms with Gasteiger partial charge in [-0.3, -0.25) is 14.4 Å². The molecule has 0 spiro atoms.